The lowest BCUT2D eigenvalue weighted by molar-refractivity contribution is 0.0951. The Kier molecular flexibility index (Phi) is 8.45. The number of aromatic nitrogens is 3. The van der Waals surface area contributed by atoms with Gasteiger partial charge in [0, 0.05) is 24.7 Å². The zero-order valence-corrected chi connectivity index (χ0v) is 24.6. The van der Waals surface area contributed by atoms with Gasteiger partial charge in [-0.3, -0.25) is 4.79 Å². The van der Waals surface area contributed by atoms with Crippen molar-refractivity contribution in [2.45, 2.75) is 52.3 Å². The highest BCUT2D eigenvalue weighted by Gasteiger charge is 2.23. The van der Waals surface area contributed by atoms with Gasteiger partial charge < -0.3 is 15.4 Å². The van der Waals surface area contributed by atoms with E-state index in [9.17, 15) is 13.6 Å². The molecule has 5 aromatic rings. The van der Waals surface area contributed by atoms with Crippen LogP contribution in [0.25, 0.3) is 22.0 Å². The normalized spacial score (nSPS) is 12.8. The summed E-state index contributed by atoms with van der Waals surface area (Å²) in [7, 11) is 0. The molecule has 0 unspecified atom stereocenters. The molecule has 3 aromatic carbocycles. The predicted octanol–water partition coefficient (Wildman–Crippen LogP) is 7.25. The summed E-state index contributed by atoms with van der Waals surface area (Å²) in [5.41, 5.74) is 5.78. The number of fused-ring (bicyclic) bond motifs is 1. The second-order valence-electron chi connectivity index (χ2n) is 11.4. The Morgan fingerprint density at radius 2 is 1.77 bits per heavy atom. The molecular weight excluding hydrogens is 560 g/mol. The van der Waals surface area contributed by atoms with E-state index in [2.05, 4.69) is 43.8 Å². The molecule has 7 nitrogen and oxygen atoms in total. The van der Waals surface area contributed by atoms with Crippen LogP contribution in [0.1, 0.15) is 53.9 Å². The van der Waals surface area contributed by atoms with Gasteiger partial charge in [0.15, 0.2) is 11.6 Å². The van der Waals surface area contributed by atoms with Crippen LogP contribution in [0, 0.1) is 17.6 Å². The molecule has 1 amide bonds. The molecule has 0 radical (unpaired) electrons. The maximum atomic E-state index is 13.6. The maximum Gasteiger partial charge on any atom is 0.255 e. The summed E-state index contributed by atoms with van der Waals surface area (Å²) >= 11 is 0. The number of hydrogen-bond donors (Lipinski definition) is 2. The van der Waals surface area contributed by atoms with E-state index in [1.165, 1.54) is 18.9 Å². The number of pyridine rings is 1. The fraction of sp³-hybridized carbons (Fsp3) is 0.257. The minimum atomic E-state index is -0.959. The molecule has 44 heavy (non-hydrogen) atoms. The molecule has 0 aliphatic heterocycles. The van der Waals surface area contributed by atoms with Gasteiger partial charge in [0.2, 0.25) is 0 Å². The largest absolute Gasteiger partial charge is 0.491 e. The minimum absolute atomic E-state index is 0.0122. The summed E-state index contributed by atoms with van der Waals surface area (Å²) in [6, 6.07) is 19.2. The molecule has 2 heterocycles. The number of anilines is 1. The second kappa shape index (κ2) is 12.8. The topological polar surface area (TPSA) is 89.0 Å². The number of nitrogens with one attached hydrogen (secondary N) is 2. The van der Waals surface area contributed by atoms with Crippen molar-refractivity contribution in [3.63, 3.8) is 0 Å². The zero-order chi connectivity index (χ0) is 30.6. The van der Waals surface area contributed by atoms with Gasteiger partial charge in [-0.05, 0) is 116 Å². The molecule has 0 bridgehead atoms. The highest BCUT2D eigenvalue weighted by molar-refractivity contribution is 5.98. The van der Waals surface area contributed by atoms with Crippen molar-refractivity contribution < 1.29 is 18.3 Å². The number of benzene rings is 3. The molecule has 224 valence electrons. The van der Waals surface area contributed by atoms with E-state index in [0.29, 0.717) is 29.4 Å². The molecule has 0 spiro atoms. The summed E-state index contributed by atoms with van der Waals surface area (Å²) in [5.74, 6) is -0.427. The van der Waals surface area contributed by atoms with Gasteiger partial charge in [-0.2, -0.15) is 0 Å². The van der Waals surface area contributed by atoms with Crippen molar-refractivity contribution >= 4 is 22.6 Å². The lowest BCUT2D eigenvalue weighted by Gasteiger charge is -2.16. The van der Waals surface area contributed by atoms with Crippen LogP contribution in [0.2, 0.25) is 0 Å². The first kappa shape index (κ1) is 29.2. The van der Waals surface area contributed by atoms with E-state index >= 15 is 0 Å². The predicted molar refractivity (Wildman–Crippen MR) is 166 cm³/mol. The number of amides is 1. The molecule has 2 aromatic heterocycles. The van der Waals surface area contributed by atoms with Crippen molar-refractivity contribution in [2.24, 2.45) is 5.92 Å². The first-order chi connectivity index (χ1) is 21.3. The number of rotatable bonds is 11. The number of carbonyl (C=O) groups is 1. The molecule has 1 saturated carbocycles. The molecule has 0 saturated heterocycles. The van der Waals surface area contributed by atoms with Gasteiger partial charge in [-0.25, -0.2) is 23.7 Å². The monoisotopic (exact) mass is 593 g/mol. The van der Waals surface area contributed by atoms with E-state index in [1.807, 2.05) is 32.0 Å². The maximum absolute atomic E-state index is 13.6. The summed E-state index contributed by atoms with van der Waals surface area (Å²) in [6.07, 6.45) is 6.72. The Morgan fingerprint density at radius 3 is 2.57 bits per heavy atom. The number of carbonyl (C=O) groups excluding carboxylic acids is 1. The third kappa shape index (κ3) is 6.99. The van der Waals surface area contributed by atoms with Crippen molar-refractivity contribution in [2.75, 3.05) is 5.32 Å². The van der Waals surface area contributed by atoms with E-state index < -0.39 is 11.6 Å². The average molecular weight is 594 g/mol. The zero-order valence-electron chi connectivity index (χ0n) is 24.6. The van der Waals surface area contributed by atoms with Gasteiger partial charge in [0.1, 0.15) is 17.9 Å². The Hall–Kier alpha value is -4.92. The van der Waals surface area contributed by atoms with Crippen LogP contribution in [0.3, 0.4) is 0 Å². The first-order valence-electron chi connectivity index (χ1n) is 14.8. The molecule has 1 aliphatic carbocycles. The van der Waals surface area contributed by atoms with Crippen LogP contribution in [0.15, 0.2) is 79.3 Å². The van der Waals surface area contributed by atoms with Gasteiger partial charge in [0.05, 0.1) is 22.9 Å². The average Bonchev–Trinajstić information content (AvgIpc) is 3.84. The molecule has 6 rings (SSSR count). The van der Waals surface area contributed by atoms with E-state index in [1.54, 1.807) is 24.7 Å². The third-order valence-electron chi connectivity index (χ3n) is 7.52. The summed E-state index contributed by atoms with van der Waals surface area (Å²) in [6.45, 7) is 4.40. The summed E-state index contributed by atoms with van der Waals surface area (Å²) < 4.78 is 33.0. The summed E-state index contributed by atoms with van der Waals surface area (Å²) in [4.78, 5) is 26.5. The molecular formula is C35H33F2N5O2. The Labute approximate surface area is 254 Å². The van der Waals surface area contributed by atoms with Crippen LogP contribution in [0.4, 0.5) is 14.6 Å². The van der Waals surface area contributed by atoms with Crippen LogP contribution in [0.5, 0.6) is 5.75 Å². The van der Waals surface area contributed by atoms with E-state index in [4.69, 9.17) is 4.74 Å². The van der Waals surface area contributed by atoms with Crippen molar-refractivity contribution in [1.82, 2.24) is 20.3 Å². The van der Waals surface area contributed by atoms with Gasteiger partial charge in [-0.15, -0.1) is 0 Å². The van der Waals surface area contributed by atoms with Crippen LogP contribution >= 0.6 is 0 Å². The van der Waals surface area contributed by atoms with Crippen molar-refractivity contribution in [3.8, 4) is 16.9 Å². The Morgan fingerprint density at radius 1 is 0.909 bits per heavy atom. The lowest BCUT2D eigenvalue weighted by atomic mass is 9.99. The van der Waals surface area contributed by atoms with E-state index in [0.717, 1.165) is 57.6 Å². The van der Waals surface area contributed by atoms with E-state index in [-0.39, 0.29) is 18.6 Å². The Balaban J connectivity index is 1.23. The van der Waals surface area contributed by atoms with Gasteiger partial charge in [-0.1, -0.05) is 12.1 Å². The number of ether oxygens (including phenoxy) is 1. The molecule has 1 aliphatic rings. The standard InChI is InChI=1S/C35H33F2N5O2/c1-21(2)44-27-13-24(12-26(16-27)25-8-10-32-29(17-25)33(42-20-41-32)15-22-5-6-22)19-39-34-28(4-3-11-38-34)35(43)40-18-23-7-9-30(36)31(37)14-23/h3-4,7-14,16-17,20-22H,5-6,15,18-19H2,1-2H3,(H,38,39)(H,40,43). The molecule has 9 heteroatoms. The van der Waals surface area contributed by atoms with Crippen molar-refractivity contribution in [3.05, 3.63) is 113 Å². The van der Waals surface area contributed by atoms with Crippen molar-refractivity contribution in [1.29, 1.82) is 0 Å². The number of hydrogen-bond acceptors (Lipinski definition) is 6. The lowest BCUT2D eigenvalue weighted by Crippen LogP contribution is -2.24. The first-order valence-corrected chi connectivity index (χ1v) is 14.8. The number of halogens is 2. The van der Waals surface area contributed by atoms with Crippen LogP contribution in [-0.4, -0.2) is 27.0 Å². The fourth-order valence-electron chi connectivity index (χ4n) is 5.16. The van der Waals surface area contributed by atoms with Crippen LogP contribution < -0.4 is 15.4 Å². The quantitative estimate of drug-likeness (QED) is 0.168. The number of nitrogens with zero attached hydrogens (tertiary/aromatic N) is 3. The minimum Gasteiger partial charge on any atom is -0.491 e. The van der Waals surface area contributed by atoms with Gasteiger partial charge in [0.25, 0.3) is 5.91 Å². The Bertz CT molecular complexity index is 1820. The molecule has 2 N–H and O–H groups in total. The third-order valence-corrected chi connectivity index (χ3v) is 7.52. The highest BCUT2D eigenvalue weighted by Crippen LogP contribution is 2.35. The molecule has 1 fully saturated rings. The SMILES string of the molecule is CC(C)Oc1cc(CNc2ncccc2C(=O)NCc2ccc(F)c(F)c2)cc(-c2ccc3ncnc(CC4CC4)c3c2)c1. The van der Waals surface area contributed by atoms with Gasteiger partial charge >= 0.3 is 0 Å². The highest BCUT2D eigenvalue weighted by atomic mass is 19.2. The van der Waals surface area contributed by atoms with Crippen LogP contribution in [-0.2, 0) is 19.5 Å². The summed E-state index contributed by atoms with van der Waals surface area (Å²) in [5, 5.41) is 7.12. The smallest absolute Gasteiger partial charge is 0.255 e. The molecule has 0 atom stereocenters. The second-order valence-corrected chi connectivity index (χ2v) is 11.4. The fourth-order valence-corrected chi connectivity index (χ4v) is 5.16.